The molecular weight excluding hydrogens is 126 g/mol. The molecule has 1 aliphatic carbocycles. The lowest BCUT2D eigenvalue weighted by atomic mass is 9.81. The minimum Gasteiger partial charge on any atom is -0.371 e. The molecule has 2 aliphatic heterocycles. The normalized spacial score (nSPS) is 44.1. The van der Waals surface area contributed by atoms with Gasteiger partial charge < -0.3 is 10.1 Å². The maximum Gasteiger partial charge on any atom is 0.0839 e. The lowest BCUT2D eigenvalue weighted by Crippen LogP contribution is -2.44. The van der Waals surface area contributed by atoms with Gasteiger partial charge in [0.05, 0.1) is 11.7 Å². The summed E-state index contributed by atoms with van der Waals surface area (Å²) in [6, 6.07) is 0.777. The number of nitrogens with one attached hydrogen (secondary N) is 1. The molecule has 3 rings (SSSR count). The summed E-state index contributed by atoms with van der Waals surface area (Å²) >= 11 is 0. The Hall–Kier alpha value is -0.0800. The van der Waals surface area contributed by atoms with E-state index >= 15 is 0 Å². The van der Waals surface area contributed by atoms with Crippen molar-refractivity contribution in [3.8, 4) is 0 Å². The zero-order chi connectivity index (χ0) is 7.19. The first kappa shape index (κ1) is 6.62. The molecule has 0 spiro atoms. The number of hydrogen-bond acceptors (Lipinski definition) is 2. The summed E-state index contributed by atoms with van der Waals surface area (Å²) in [6.45, 7) is 5.30. The van der Waals surface area contributed by atoms with Crippen LogP contribution in [-0.2, 0) is 4.74 Å². The van der Waals surface area contributed by atoms with Crippen molar-refractivity contribution < 1.29 is 4.74 Å². The molecule has 2 saturated heterocycles. The van der Waals surface area contributed by atoms with Gasteiger partial charge in [-0.15, -0.1) is 0 Å². The minimum absolute atomic E-state index is 0.249. The Balaban J connectivity index is 1.92. The zero-order valence-electron chi connectivity index (χ0n) is 6.68. The molecule has 58 valence electrons. The van der Waals surface area contributed by atoms with Crippen molar-refractivity contribution in [3.63, 3.8) is 0 Å². The second kappa shape index (κ2) is 1.95. The van der Waals surface area contributed by atoms with Crippen LogP contribution in [0.5, 0.6) is 0 Å². The van der Waals surface area contributed by atoms with Gasteiger partial charge in [-0.3, -0.25) is 0 Å². The topological polar surface area (TPSA) is 21.3 Å². The Morgan fingerprint density at radius 2 is 2.20 bits per heavy atom. The molecule has 0 aromatic heterocycles. The lowest BCUT2D eigenvalue weighted by molar-refractivity contribution is -0.0991. The lowest BCUT2D eigenvalue weighted by Gasteiger charge is -2.38. The smallest absolute Gasteiger partial charge is 0.0839 e. The van der Waals surface area contributed by atoms with Crippen LogP contribution in [0.15, 0.2) is 0 Å². The Morgan fingerprint density at radius 1 is 1.50 bits per heavy atom. The summed E-state index contributed by atoms with van der Waals surface area (Å²) in [4.78, 5) is 0. The predicted molar refractivity (Wildman–Crippen MR) is 40.0 cm³/mol. The van der Waals surface area contributed by atoms with E-state index in [-0.39, 0.29) is 5.60 Å². The van der Waals surface area contributed by atoms with E-state index in [1.165, 1.54) is 12.8 Å². The molecule has 1 N–H and O–H groups in total. The van der Waals surface area contributed by atoms with Crippen LogP contribution in [0.1, 0.15) is 26.7 Å². The van der Waals surface area contributed by atoms with Crippen molar-refractivity contribution in [2.75, 3.05) is 6.54 Å². The second-order valence-electron chi connectivity index (χ2n) is 3.84. The fourth-order valence-corrected chi connectivity index (χ4v) is 2.10. The van der Waals surface area contributed by atoms with Crippen molar-refractivity contribution >= 4 is 0 Å². The highest BCUT2D eigenvalue weighted by Gasteiger charge is 2.51. The van der Waals surface area contributed by atoms with Gasteiger partial charge in [-0.2, -0.15) is 0 Å². The van der Waals surface area contributed by atoms with Gasteiger partial charge in [-0.05, 0) is 26.7 Å². The molecule has 0 aromatic rings. The van der Waals surface area contributed by atoms with Crippen LogP contribution in [0.25, 0.3) is 0 Å². The van der Waals surface area contributed by atoms with Crippen molar-refractivity contribution in [1.29, 1.82) is 0 Å². The highest BCUT2D eigenvalue weighted by Crippen LogP contribution is 2.41. The average molecular weight is 141 g/mol. The van der Waals surface area contributed by atoms with Gasteiger partial charge >= 0.3 is 0 Å². The molecule has 1 saturated carbocycles. The fraction of sp³-hybridized carbons (Fsp3) is 1.00. The van der Waals surface area contributed by atoms with E-state index in [9.17, 15) is 0 Å². The van der Waals surface area contributed by atoms with Crippen LogP contribution in [0.3, 0.4) is 0 Å². The first-order valence-electron chi connectivity index (χ1n) is 4.11. The molecular formula is C8H15NO. The summed E-state index contributed by atoms with van der Waals surface area (Å²) in [5.74, 6) is 0. The van der Waals surface area contributed by atoms with Gasteiger partial charge in [0.1, 0.15) is 0 Å². The molecule has 0 radical (unpaired) electrons. The largest absolute Gasteiger partial charge is 0.371 e. The van der Waals surface area contributed by atoms with E-state index in [1.807, 2.05) is 0 Å². The molecule has 0 aromatic carbocycles. The maximum absolute atomic E-state index is 5.80. The summed E-state index contributed by atoms with van der Waals surface area (Å²) < 4.78 is 5.80. The van der Waals surface area contributed by atoms with E-state index < -0.39 is 0 Å². The van der Waals surface area contributed by atoms with Gasteiger partial charge in [0, 0.05) is 12.6 Å². The van der Waals surface area contributed by atoms with Crippen LogP contribution in [0, 0.1) is 0 Å². The molecule has 0 unspecified atom stereocenters. The third-order valence-corrected chi connectivity index (χ3v) is 2.44. The van der Waals surface area contributed by atoms with E-state index in [2.05, 4.69) is 19.2 Å². The Kier molecular flexibility index (Phi) is 1.29. The van der Waals surface area contributed by atoms with Gasteiger partial charge in [0.25, 0.3) is 0 Å². The second-order valence-corrected chi connectivity index (χ2v) is 3.84. The first-order chi connectivity index (χ1) is 4.70. The number of rotatable bonds is 2. The quantitative estimate of drug-likeness (QED) is 0.617. The van der Waals surface area contributed by atoms with Crippen molar-refractivity contribution in [1.82, 2.24) is 5.32 Å². The van der Waals surface area contributed by atoms with Crippen LogP contribution >= 0.6 is 0 Å². The molecule has 0 amide bonds. The summed E-state index contributed by atoms with van der Waals surface area (Å²) in [5, 5.41) is 3.41. The van der Waals surface area contributed by atoms with Crippen LogP contribution in [0.4, 0.5) is 0 Å². The Morgan fingerprint density at radius 3 is 2.60 bits per heavy atom. The highest BCUT2D eigenvalue weighted by molar-refractivity contribution is 5.08. The van der Waals surface area contributed by atoms with E-state index in [0.29, 0.717) is 6.10 Å². The molecule has 3 aliphatic rings. The van der Waals surface area contributed by atoms with E-state index in [4.69, 9.17) is 4.74 Å². The Labute approximate surface area is 61.9 Å². The summed E-state index contributed by atoms with van der Waals surface area (Å²) in [6.07, 6.45) is 2.87. The Bertz CT molecular complexity index is 133. The molecule has 0 atom stereocenters. The standard InChI is InChI=1S/C8H15NO/c1-6(2)10-8-3-7(4-8)9-5-8/h6-7,9H,3-5H2,1-2H3. The van der Waals surface area contributed by atoms with Gasteiger partial charge in [0.15, 0.2) is 0 Å². The third kappa shape index (κ3) is 0.867. The van der Waals surface area contributed by atoms with Gasteiger partial charge in [-0.1, -0.05) is 0 Å². The molecule has 2 heterocycles. The number of ether oxygens (including phenoxy) is 1. The van der Waals surface area contributed by atoms with E-state index in [0.717, 1.165) is 12.6 Å². The predicted octanol–water partition coefficient (Wildman–Crippen LogP) is 0.916. The summed E-state index contributed by atoms with van der Waals surface area (Å²) in [7, 11) is 0. The molecule has 10 heavy (non-hydrogen) atoms. The van der Waals surface area contributed by atoms with Crippen LogP contribution in [0.2, 0.25) is 0 Å². The molecule has 2 heteroatoms. The fourth-order valence-electron chi connectivity index (χ4n) is 2.10. The number of hydrogen-bond donors (Lipinski definition) is 1. The molecule has 2 nitrogen and oxygen atoms in total. The minimum atomic E-state index is 0.249. The molecule has 2 bridgehead atoms. The van der Waals surface area contributed by atoms with Crippen molar-refractivity contribution in [2.24, 2.45) is 0 Å². The highest BCUT2D eigenvalue weighted by atomic mass is 16.5. The van der Waals surface area contributed by atoms with Gasteiger partial charge in [0.2, 0.25) is 0 Å². The summed E-state index contributed by atoms with van der Waals surface area (Å²) in [5.41, 5.74) is 0.249. The van der Waals surface area contributed by atoms with Gasteiger partial charge in [-0.25, -0.2) is 0 Å². The van der Waals surface area contributed by atoms with E-state index in [1.54, 1.807) is 0 Å². The molecule has 3 fully saturated rings. The number of fused-ring (bicyclic) bond motifs is 1. The van der Waals surface area contributed by atoms with Crippen LogP contribution < -0.4 is 5.32 Å². The van der Waals surface area contributed by atoms with Crippen LogP contribution in [-0.4, -0.2) is 24.3 Å². The van der Waals surface area contributed by atoms with Crippen molar-refractivity contribution in [3.05, 3.63) is 0 Å². The first-order valence-corrected chi connectivity index (χ1v) is 4.11. The van der Waals surface area contributed by atoms with Crippen molar-refractivity contribution in [2.45, 2.75) is 44.4 Å². The monoisotopic (exact) mass is 141 g/mol. The third-order valence-electron chi connectivity index (χ3n) is 2.44. The average Bonchev–Trinajstić information content (AvgIpc) is 2.18. The SMILES string of the molecule is CC(C)OC12CNC(C1)C2. The maximum atomic E-state index is 5.80. The zero-order valence-corrected chi connectivity index (χ0v) is 6.68.